The maximum atomic E-state index is 15.6. The van der Waals surface area contributed by atoms with E-state index in [1.54, 1.807) is 35.2 Å². The topological polar surface area (TPSA) is 230 Å². The molecule has 2 aromatic heterocycles. The first-order chi connectivity index (χ1) is 35.8. The SMILES string of the molecule is COc1cc2c(Oc3ccc(NC(=O)c4c(C)n(C)c5ccc(OC(F)(F)F)cc5c4=O)cc3F)ncnc2cc1OCCCC(=O)N1CCC(CC(=O)Nc2cccc3c2CN(C2CCC(=O)NC2=O)C3=O)CC1. The lowest BCUT2D eigenvalue weighted by Gasteiger charge is -2.32. The summed E-state index contributed by atoms with van der Waals surface area (Å²) in [5, 5.41) is 7.84. The van der Waals surface area contributed by atoms with Gasteiger partial charge in [-0.1, -0.05) is 6.07 Å². The summed E-state index contributed by atoms with van der Waals surface area (Å²) in [7, 11) is 2.95. The normalized spacial score (nSPS) is 15.9. The first kappa shape index (κ1) is 51.3. The highest BCUT2D eigenvalue weighted by molar-refractivity contribution is 6.08. The van der Waals surface area contributed by atoms with E-state index in [2.05, 4.69) is 30.7 Å². The fraction of sp³-hybridized carbons (Fsp3) is 0.327. The van der Waals surface area contributed by atoms with Crippen molar-refractivity contribution in [2.24, 2.45) is 13.0 Å². The summed E-state index contributed by atoms with van der Waals surface area (Å²) in [5.74, 6) is -3.68. The van der Waals surface area contributed by atoms with E-state index in [9.17, 15) is 46.7 Å². The summed E-state index contributed by atoms with van der Waals surface area (Å²) in [6.07, 6.45) is -1.38. The number of likely N-dealkylation sites (tertiary alicyclic amines) is 1. The highest BCUT2D eigenvalue weighted by Gasteiger charge is 2.40. The van der Waals surface area contributed by atoms with Gasteiger partial charge in [0.2, 0.25) is 34.9 Å². The van der Waals surface area contributed by atoms with Crippen LogP contribution in [0.1, 0.15) is 76.9 Å². The second-order valence-corrected chi connectivity index (χ2v) is 18.2. The van der Waals surface area contributed by atoms with Crippen LogP contribution in [0.4, 0.5) is 28.9 Å². The Labute approximate surface area is 424 Å². The Morgan fingerprint density at radius 1 is 0.893 bits per heavy atom. The van der Waals surface area contributed by atoms with Gasteiger partial charge in [0.1, 0.15) is 23.7 Å². The largest absolute Gasteiger partial charge is 0.573 e. The molecule has 23 heteroatoms. The number of imide groups is 1. The Hall–Kier alpha value is -8.63. The molecule has 1 atom stereocenters. The Morgan fingerprint density at radius 2 is 1.68 bits per heavy atom. The number of amides is 6. The predicted octanol–water partition coefficient (Wildman–Crippen LogP) is 7.07. The second-order valence-electron chi connectivity index (χ2n) is 18.2. The number of anilines is 2. The van der Waals surface area contributed by atoms with Crippen molar-refractivity contribution >= 4 is 68.6 Å². The number of nitrogens with zero attached hydrogens (tertiary/aromatic N) is 5. The third-order valence-corrected chi connectivity index (χ3v) is 13.5. The number of alkyl halides is 3. The number of carbonyl (C=O) groups excluding carboxylic acids is 6. The first-order valence-corrected chi connectivity index (χ1v) is 23.8. The van der Waals surface area contributed by atoms with Gasteiger partial charge in [-0.15, -0.1) is 13.2 Å². The Bertz CT molecular complexity index is 3380. The average Bonchev–Trinajstić information content (AvgIpc) is 3.70. The predicted molar refractivity (Wildman–Crippen MR) is 261 cm³/mol. The summed E-state index contributed by atoms with van der Waals surface area (Å²) in [6.45, 7) is 2.73. The molecule has 6 amide bonds. The van der Waals surface area contributed by atoms with Crippen LogP contribution in [0.2, 0.25) is 0 Å². The van der Waals surface area contributed by atoms with Gasteiger partial charge in [-0.3, -0.25) is 38.9 Å². The molecule has 0 saturated carbocycles. The lowest BCUT2D eigenvalue weighted by Crippen LogP contribution is -2.52. The number of aryl methyl sites for hydroxylation is 1. The van der Waals surface area contributed by atoms with Crippen molar-refractivity contribution in [1.29, 1.82) is 0 Å². The zero-order valence-corrected chi connectivity index (χ0v) is 40.6. The van der Waals surface area contributed by atoms with Gasteiger partial charge >= 0.3 is 6.36 Å². The fourth-order valence-corrected chi connectivity index (χ4v) is 9.57. The van der Waals surface area contributed by atoms with Crippen molar-refractivity contribution in [3.8, 4) is 28.9 Å². The highest BCUT2D eigenvalue weighted by atomic mass is 19.4. The Kier molecular flexibility index (Phi) is 14.4. The quantitative estimate of drug-likeness (QED) is 0.0532. The average molecular weight is 1040 g/mol. The third kappa shape index (κ3) is 11.0. The third-order valence-electron chi connectivity index (χ3n) is 13.5. The molecule has 2 saturated heterocycles. The number of ether oxygens (including phenoxy) is 4. The molecule has 0 radical (unpaired) electrons. The monoisotopic (exact) mass is 1040 g/mol. The van der Waals surface area contributed by atoms with Crippen LogP contribution in [0.5, 0.6) is 28.9 Å². The molecule has 19 nitrogen and oxygen atoms in total. The molecule has 5 heterocycles. The lowest BCUT2D eigenvalue weighted by molar-refractivity contribution is -0.274. The number of methoxy groups -OCH3 is 1. The van der Waals surface area contributed by atoms with Gasteiger partial charge in [-0.05, 0) is 87.1 Å². The number of hydrogen-bond donors (Lipinski definition) is 3. The van der Waals surface area contributed by atoms with Crippen LogP contribution in [0.15, 0.2) is 77.9 Å². The molecule has 0 bridgehead atoms. The molecule has 3 aliphatic rings. The van der Waals surface area contributed by atoms with Crippen LogP contribution < -0.4 is 40.3 Å². The molecule has 3 N–H and O–H groups in total. The van der Waals surface area contributed by atoms with E-state index in [1.165, 1.54) is 55.1 Å². The van der Waals surface area contributed by atoms with Crippen LogP contribution >= 0.6 is 0 Å². The molecular weight excluding hydrogens is 989 g/mol. The molecule has 9 rings (SSSR count). The summed E-state index contributed by atoms with van der Waals surface area (Å²) < 4.78 is 77.2. The van der Waals surface area contributed by atoms with Crippen LogP contribution in [-0.4, -0.2) is 99.0 Å². The fourth-order valence-electron chi connectivity index (χ4n) is 9.57. The van der Waals surface area contributed by atoms with Crippen molar-refractivity contribution in [3.63, 3.8) is 0 Å². The number of nitrogens with one attached hydrogen (secondary N) is 3. The molecule has 2 fully saturated rings. The molecule has 0 aliphatic carbocycles. The first-order valence-electron chi connectivity index (χ1n) is 23.8. The van der Waals surface area contributed by atoms with Crippen LogP contribution in [0.25, 0.3) is 21.8 Å². The number of aromatic nitrogens is 3. The Morgan fingerprint density at radius 3 is 2.41 bits per heavy atom. The second kappa shape index (κ2) is 21.1. The summed E-state index contributed by atoms with van der Waals surface area (Å²) in [5.41, 5.74) is 1.05. The van der Waals surface area contributed by atoms with E-state index in [4.69, 9.17) is 14.2 Å². The van der Waals surface area contributed by atoms with E-state index < -0.39 is 41.2 Å². The smallest absolute Gasteiger partial charge is 0.493 e. The molecule has 1 unspecified atom stereocenters. The summed E-state index contributed by atoms with van der Waals surface area (Å²) in [4.78, 5) is 102. The number of hydrogen-bond acceptors (Lipinski definition) is 13. The number of piperidine rings is 2. The summed E-state index contributed by atoms with van der Waals surface area (Å²) in [6, 6.07) is 14.1. The van der Waals surface area contributed by atoms with Gasteiger partial charge < -0.3 is 43.9 Å². The van der Waals surface area contributed by atoms with Gasteiger partial charge in [0.05, 0.1) is 35.5 Å². The number of rotatable bonds is 15. The number of pyridine rings is 1. The van der Waals surface area contributed by atoms with Gasteiger partial charge in [-0.2, -0.15) is 0 Å². The number of fused-ring (bicyclic) bond motifs is 3. The minimum atomic E-state index is -5.01. The van der Waals surface area contributed by atoms with Crippen molar-refractivity contribution < 1.29 is 65.3 Å². The van der Waals surface area contributed by atoms with Crippen LogP contribution in [0, 0.1) is 18.7 Å². The van der Waals surface area contributed by atoms with E-state index in [0.29, 0.717) is 65.8 Å². The zero-order valence-electron chi connectivity index (χ0n) is 40.6. The molecule has 4 aromatic carbocycles. The van der Waals surface area contributed by atoms with Crippen LogP contribution in [-0.2, 0) is 32.8 Å². The van der Waals surface area contributed by atoms with Crippen LogP contribution in [0.3, 0.4) is 0 Å². The lowest BCUT2D eigenvalue weighted by atomic mass is 9.93. The standard InChI is InChI=1S/C52H48F4N8O11/c1-27-46(47(68)33-22-30(75-52(54,55)56)10-11-38(33)62(27)2)49(70)59-29-9-13-40(35(53)21-29)74-50-32-23-41(72-3)42(24-37(32)57-26-58-50)73-19-5-8-45(67)63-17-15-28(16-18-63)20-44(66)60-36-7-4-6-31-34(36)25-64(51(31)71)39-12-14-43(65)61-48(39)69/h4,6-7,9-11,13,21-24,26,28,39H,5,8,12,14-20,25H2,1-3H3,(H,59,70)(H,60,66)(H,61,65,69). The molecule has 390 valence electrons. The summed E-state index contributed by atoms with van der Waals surface area (Å²) >= 11 is 0. The van der Waals surface area contributed by atoms with E-state index in [-0.39, 0.29) is 114 Å². The molecule has 3 aliphatic heterocycles. The minimum absolute atomic E-state index is 0.0341. The molecular formula is C52H48F4N8O11. The number of halogens is 4. The number of carbonyl (C=O) groups is 6. The zero-order chi connectivity index (χ0) is 53.3. The maximum absolute atomic E-state index is 15.6. The van der Waals surface area contributed by atoms with Gasteiger partial charge in [-0.25, -0.2) is 14.4 Å². The maximum Gasteiger partial charge on any atom is 0.573 e. The van der Waals surface area contributed by atoms with E-state index in [0.717, 1.165) is 18.2 Å². The van der Waals surface area contributed by atoms with E-state index in [1.807, 2.05) is 0 Å². The van der Waals surface area contributed by atoms with Crippen molar-refractivity contribution in [1.82, 2.24) is 29.7 Å². The van der Waals surface area contributed by atoms with E-state index >= 15 is 4.39 Å². The molecule has 75 heavy (non-hydrogen) atoms. The number of benzene rings is 4. The molecule has 6 aromatic rings. The van der Waals surface area contributed by atoms with Crippen molar-refractivity contribution in [2.45, 2.75) is 70.8 Å². The van der Waals surface area contributed by atoms with Crippen molar-refractivity contribution in [3.05, 3.63) is 111 Å². The minimum Gasteiger partial charge on any atom is -0.493 e. The van der Waals surface area contributed by atoms with Gasteiger partial charge in [0.25, 0.3) is 11.8 Å². The highest BCUT2D eigenvalue weighted by Crippen LogP contribution is 2.38. The van der Waals surface area contributed by atoms with Gasteiger partial charge in [0.15, 0.2) is 23.1 Å². The van der Waals surface area contributed by atoms with Crippen molar-refractivity contribution in [2.75, 3.05) is 37.4 Å². The Balaban J connectivity index is 0.754. The van der Waals surface area contributed by atoms with Gasteiger partial charge in [0, 0.05) is 86.3 Å². The molecule has 0 spiro atoms.